The van der Waals surface area contributed by atoms with Gasteiger partial charge in [0.1, 0.15) is 5.82 Å². The number of nitrogens with zero attached hydrogens (tertiary/aromatic N) is 3. The van der Waals surface area contributed by atoms with Crippen LogP contribution < -0.4 is 15.5 Å². The zero-order valence-corrected chi connectivity index (χ0v) is 21.2. The number of rotatable bonds is 6. The SMILES string of the molecule is Cc1c(-c2ccccn2)nc2cc(F)ccc2c1Nc1cc(NC(=O)C(C)C)cc(N2CCOCC2)c1. The van der Waals surface area contributed by atoms with Crippen LogP contribution in [0, 0.1) is 18.7 Å². The molecule has 2 aromatic heterocycles. The van der Waals surface area contributed by atoms with Crippen molar-refractivity contribution in [3.05, 3.63) is 72.2 Å². The molecule has 0 aliphatic carbocycles. The number of amides is 1. The van der Waals surface area contributed by atoms with Crippen LogP contribution >= 0.6 is 0 Å². The average molecular weight is 500 g/mol. The normalized spacial score (nSPS) is 13.7. The number of aromatic nitrogens is 2. The van der Waals surface area contributed by atoms with Crippen molar-refractivity contribution in [2.75, 3.05) is 41.8 Å². The summed E-state index contributed by atoms with van der Waals surface area (Å²) in [5.74, 6) is -0.552. The van der Waals surface area contributed by atoms with Gasteiger partial charge in [0.2, 0.25) is 5.91 Å². The number of halogens is 1. The minimum atomic E-state index is -0.352. The summed E-state index contributed by atoms with van der Waals surface area (Å²) >= 11 is 0. The van der Waals surface area contributed by atoms with E-state index in [1.807, 2.05) is 51.1 Å². The molecule has 0 atom stereocenters. The summed E-state index contributed by atoms with van der Waals surface area (Å²) < 4.78 is 19.7. The van der Waals surface area contributed by atoms with Crippen LogP contribution in [-0.4, -0.2) is 42.2 Å². The molecule has 4 aromatic rings. The van der Waals surface area contributed by atoms with Crippen LogP contribution in [0.15, 0.2) is 60.8 Å². The van der Waals surface area contributed by atoms with Gasteiger partial charge in [0.25, 0.3) is 0 Å². The molecule has 3 heterocycles. The molecule has 0 bridgehead atoms. The number of nitrogens with one attached hydrogen (secondary N) is 2. The number of morpholine rings is 1. The fourth-order valence-electron chi connectivity index (χ4n) is 4.44. The Bertz CT molecular complexity index is 1440. The first-order valence-corrected chi connectivity index (χ1v) is 12.5. The third-order valence-electron chi connectivity index (χ3n) is 6.45. The highest BCUT2D eigenvalue weighted by atomic mass is 19.1. The van der Waals surface area contributed by atoms with E-state index in [9.17, 15) is 9.18 Å². The van der Waals surface area contributed by atoms with Crippen LogP contribution in [0.5, 0.6) is 0 Å². The predicted molar refractivity (Wildman–Crippen MR) is 146 cm³/mol. The molecular formula is C29H30FN5O2. The Balaban J connectivity index is 1.62. The smallest absolute Gasteiger partial charge is 0.226 e. The van der Waals surface area contributed by atoms with Gasteiger partial charge in [-0.25, -0.2) is 9.37 Å². The molecule has 0 spiro atoms. The van der Waals surface area contributed by atoms with Crippen molar-refractivity contribution in [2.45, 2.75) is 20.8 Å². The van der Waals surface area contributed by atoms with E-state index in [1.165, 1.54) is 12.1 Å². The van der Waals surface area contributed by atoms with E-state index in [-0.39, 0.29) is 17.6 Å². The molecule has 1 saturated heterocycles. The highest BCUT2D eigenvalue weighted by Gasteiger charge is 2.18. The monoisotopic (exact) mass is 499 g/mol. The van der Waals surface area contributed by atoms with Crippen molar-refractivity contribution in [3.63, 3.8) is 0 Å². The molecule has 2 aromatic carbocycles. The largest absolute Gasteiger partial charge is 0.378 e. The number of hydrogen-bond acceptors (Lipinski definition) is 6. The number of benzene rings is 2. The van der Waals surface area contributed by atoms with Gasteiger partial charge in [-0.15, -0.1) is 0 Å². The zero-order chi connectivity index (χ0) is 25.9. The van der Waals surface area contributed by atoms with Gasteiger partial charge in [-0.2, -0.15) is 0 Å². The molecule has 0 unspecified atom stereocenters. The van der Waals surface area contributed by atoms with Gasteiger partial charge in [-0.1, -0.05) is 19.9 Å². The number of carbonyl (C=O) groups excluding carboxylic acids is 1. The molecule has 8 heteroatoms. The topological polar surface area (TPSA) is 79.4 Å². The van der Waals surface area contributed by atoms with Crippen LogP contribution in [0.25, 0.3) is 22.3 Å². The van der Waals surface area contributed by atoms with Crippen molar-refractivity contribution in [1.29, 1.82) is 0 Å². The van der Waals surface area contributed by atoms with Crippen molar-refractivity contribution < 1.29 is 13.9 Å². The fraction of sp³-hybridized carbons (Fsp3) is 0.276. The first-order chi connectivity index (χ1) is 17.9. The number of ether oxygens (including phenoxy) is 1. The van der Waals surface area contributed by atoms with E-state index in [2.05, 4.69) is 26.6 Å². The molecule has 190 valence electrons. The molecule has 2 N–H and O–H groups in total. The second-order valence-electron chi connectivity index (χ2n) is 9.47. The van der Waals surface area contributed by atoms with Crippen molar-refractivity contribution in [1.82, 2.24) is 9.97 Å². The molecule has 5 rings (SSSR count). The number of carbonyl (C=O) groups is 1. The van der Waals surface area contributed by atoms with Gasteiger partial charge < -0.3 is 20.3 Å². The number of hydrogen-bond donors (Lipinski definition) is 2. The fourth-order valence-corrected chi connectivity index (χ4v) is 4.44. The second-order valence-corrected chi connectivity index (χ2v) is 9.47. The second kappa shape index (κ2) is 10.5. The van der Waals surface area contributed by atoms with E-state index in [0.29, 0.717) is 35.8 Å². The van der Waals surface area contributed by atoms with Crippen LogP contribution in [0.3, 0.4) is 0 Å². The first-order valence-electron chi connectivity index (χ1n) is 12.5. The van der Waals surface area contributed by atoms with Crippen LogP contribution in [0.4, 0.5) is 27.1 Å². The summed E-state index contributed by atoms with van der Waals surface area (Å²) in [7, 11) is 0. The highest BCUT2D eigenvalue weighted by Crippen LogP contribution is 2.36. The minimum absolute atomic E-state index is 0.0523. The summed E-state index contributed by atoms with van der Waals surface area (Å²) in [6.07, 6.45) is 1.72. The highest BCUT2D eigenvalue weighted by molar-refractivity contribution is 5.98. The van der Waals surface area contributed by atoms with Gasteiger partial charge in [0.15, 0.2) is 0 Å². The molecular weight excluding hydrogens is 469 g/mol. The lowest BCUT2D eigenvalue weighted by Gasteiger charge is -2.30. The Labute approximate surface area is 215 Å². The van der Waals surface area contributed by atoms with E-state index >= 15 is 0 Å². The van der Waals surface area contributed by atoms with Crippen molar-refractivity contribution >= 4 is 39.6 Å². The molecule has 37 heavy (non-hydrogen) atoms. The van der Waals surface area contributed by atoms with Gasteiger partial charge in [-0.05, 0) is 49.4 Å². The minimum Gasteiger partial charge on any atom is -0.378 e. The standard InChI is InChI=1S/C29H30FN5O2/c1-18(2)29(36)33-22-15-21(16-23(17-22)35-10-12-37-13-11-35)32-27-19(3)28(25-6-4-5-9-31-25)34-26-14-20(30)7-8-24(26)27/h4-9,14-18H,10-13H2,1-3H3,(H,32,34)(H,33,36). The van der Waals surface area contributed by atoms with Crippen LogP contribution in [0.2, 0.25) is 0 Å². The Kier molecular flexibility index (Phi) is 7.01. The average Bonchev–Trinajstić information content (AvgIpc) is 2.91. The number of fused-ring (bicyclic) bond motifs is 1. The maximum absolute atomic E-state index is 14.2. The number of pyridine rings is 2. The Morgan fingerprint density at radius 3 is 2.57 bits per heavy atom. The molecule has 1 aliphatic heterocycles. The Hall–Kier alpha value is -4.04. The summed E-state index contributed by atoms with van der Waals surface area (Å²) in [5, 5.41) is 7.40. The first kappa shape index (κ1) is 24.6. The Morgan fingerprint density at radius 2 is 1.84 bits per heavy atom. The molecule has 1 fully saturated rings. The molecule has 0 saturated carbocycles. The van der Waals surface area contributed by atoms with Crippen LogP contribution in [-0.2, 0) is 9.53 Å². The van der Waals surface area contributed by atoms with Gasteiger partial charge >= 0.3 is 0 Å². The summed E-state index contributed by atoms with van der Waals surface area (Å²) in [6, 6.07) is 16.2. The van der Waals surface area contributed by atoms with Gasteiger partial charge in [-0.3, -0.25) is 9.78 Å². The molecule has 1 amide bonds. The summed E-state index contributed by atoms with van der Waals surface area (Å²) in [6.45, 7) is 8.55. The molecule has 7 nitrogen and oxygen atoms in total. The summed E-state index contributed by atoms with van der Waals surface area (Å²) in [5.41, 5.74) is 6.12. The van der Waals surface area contributed by atoms with Gasteiger partial charge in [0.05, 0.1) is 35.8 Å². The lowest BCUT2D eigenvalue weighted by molar-refractivity contribution is -0.118. The predicted octanol–water partition coefficient (Wildman–Crippen LogP) is 5.92. The summed E-state index contributed by atoms with van der Waals surface area (Å²) in [4.78, 5) is 24.0. The van der Waals surface area contributed by atoms with Crippen molar-refractivity contribution in [3.8, 4) is 11.4 Å². The Morgan fingerprint density at radius 1 is 1.05 bits per heavy atom. The van der Waals surface area contributed by atoms with E-state index in [1.54, 1.807) is 12.3 Å². The van der Waals surface area contributed by atoms with Crippen molar-refractivity contribution in [2.24, 2.45) is 5.92 Å². The maximum atomic E-state index is 14.2. The van der Waals surface area contributed by atoms with E-state index in [4.69, 9.17) is 9.72 Å². The van der Waals surface area contributed by atoms with E-state index < -0.39 is 0 Å². The lowest BCUT2D eigenvalue weighted by atomic mass is 10.0. The quantitative estimate of drug-likeness (QED) is 0.343. The van der Waals surface area contributed by atoms with Crippen LogP contribution in [0.1, 0.15) is 19.4 Å². The maximum Gasteiger partial charge on any atom is 0.226 e. The lowest BCUT2D eigenvalue weighted by Crippen LogP contribution is -2.36. The van der Waals surface area contributed by atoms with E-state index in [0.717, 1.165) is 41.1 Å². The number of anilines is 4. The third-order valence-corrected chi connectivity index (χ3v) is 6.45. The zero-order valence-electron chi connectivity index (χ0n) is 21.2. The third kappa shape index (κ3) is 5.39. The van der Waals surface area contributed by atoms with Gasteiger partial charge in [0, 0.05) is 59.3 Å². The molecule has 1 aliphatic rings. The molecule has 0 radical (unpaired) electrons.